The van der Waals surface area contributed by atoms with Gasteiger partial charge in [-0.3, -0.25) is 14.5 Å². The lowest BCUT2D eigenvalue weighted by molar-refractivity contribution is -0.576. The number of imide groups is 1. The summed E-state index contributed by atoms with van der Waals surface area (Å²) in [5, 5.41) is 17.9. The monoisotopic (exact) mass is 428 g/mol. The number of rotatable bonds is 4. The van der Waals surface area contributed by atoms with E-state index < -0.39 is 11.8 Å². The van der Waals surface area contributed by atoms with Crippen LogP contribution in [0.1, 0.15) is 43.4 Å². The van der Waals surface area contributed by atoms with Crippen molar-refractivity contribution in [3.8, 4) is 11.6 Å². The molecule has 1 fully saturated rings. The van der Waals surface area contributed by atoms with Crippen molar-refractivity contribution in [2.45, 2.75) is 45.1 Å². The first-order valence-corrected chi connectivity index (χ1v) is 11.0. The molecule has 0 spiro atoms. The third-order valence-electron chi connectivity index (χ3n) is 6.27. The molecule has 2 amide bonds. The maximum atomic E-state index is 13.7. The average molecular weight is 428 g/mol. The Kier molecular flexibility index (Phi) is 5.09. The SMILES string of the molecule is Cc1nn(-c2ccccc2)c([O-])c1C1=C([n+]2ccccc2)C(=O)N(C2CCCCC2)C1=O. The minimum absolute atomic E-state index is 0.139. The number of benzene rings is 1. The van der Waals surface area contributed by atoms with E-state index in [1.54, 1.807) is 48.1 Å². The van der Waals surface area contributed by atoms with Crippen LogP contribution in [0.5, 0.6) is 5.88 Å². The molecule has 1 saturated carbocycles. The molecule has 162 valence electrons. The first-order chi connectivity index (χ1) is 15.6. The van der Waals surface area contributed by atoms with Gasteiger partial charge in [0.1, 0.15) is 5.57 Å². The smallest absolute Gasteiger partial charge is 0.327 e. The second kappa shape index (κ2) is 8.07. The number of carbonyl (C=O) groups is 2. The van der Waals surface area contributed by atoms with Crippen molar-refractivity contribution in [1.82, 2.24) is 14.7 Å². The van der Waals surface area contributed by atoms with Crippen LogP contribution in [0.2, 0.25) is 0 Å². The first-order valence-electron chi connectivity index (χ1n) is 11.0. The molecule has 7 nitrogen and oxygen atoms in total. The summed E-state index contributed by atoms with van der Waals surface area (Å²) in [5.74, 6) is -1.15. The van der Waals surface area contributed by atoms with Crippen molar-refractivity contribution < 1.29 is 19.3 Å². The molecule has 0 atom stereocenters. The molecule has 0 bridgehead atoms. The number of aryl methyl sites for hydroxylation is 1. The number of para-hydroxylation sites is 1. The number of hydrogen-bond acceptors (Lipinski definition) is 4. The van der Waals surface area contributed by atoms with E-state index in [0.29, 0.717) is 11.4 Å². The highest BCUT2D eigenvalue weighted by molar-refractivity contribution is 6.45. The Hall–Kier alpha value is -3.74. The maximum Gasteiger partial charge on any atom is 0.327 e. The minimum atomic E-state index is -0.402. The molecule has 0 unspecified atom stereocenters. The Bertz CT molecular complexity index is 1210. The van der Waals surface area contributed by atoms with Gasteiger partial charge in [0.2, 0.25) is 0 Å². The Labute approximate surface area is 186 Å². The Morgan fingerprint density at radius 2 is 1.59 bits per heavy atom. The van der Waals surface area contributed by atoms with Gasteiger partial charge in [-0.1, -0.05) is 43.5 Å². The molecule has 0 radical (unpaired) electrons. The van der Waals surface area contributed by atoms with E-state index in [1.165, 1.54) is 9.58 Å². The topological polar surface area (TPSA) is 82.1 Å². The van der Waals surface area contributed by atoms with E-state index in [9.17, 15) is 14.7 Å². The molecule has 2 aliphatic rings. The van der Waals surface area contributed by atoms with Gasteiger partial charge in [-0.2, -0.15) is 9.67 Å². The summed E-state index contributed by atoms with van der Waals surface area (Å²) in [6.45, 7) is 1.71. The summed E-state index contributed by atoms with van der Waals surface area (Å²) in [5.41, 5.74) is 1.59. The Morgan fingerprint density at radius 3 is 2.28 bits per heavy atom. The first kappa shape index (κ1) is 20.2. The molecule has 1 aliphatic carbocycles. The van der Waals surface area contributed by atoms with Crippen LogP contribution in [0, 0.1) is 6.92 Å². The van der Waals surface area contributed by atoms with Crippen molar-refractivity contribution >= 4 is 23.1 Å². The standard InChI is InChI=1S/C25H24N4O3/c1-17-20(24(31)29(26-17)19-13-7-3-8-14-19)21-22(27-15-9-4-10-16-27)25(32)28(23(21)30)18-11-5-2-6-12-18/h3-4,7-10,13-16,18H,2,5-6,11-12H2,1H3. The summed E-state index contributed by atoms with van der Waals surface area (Å²) in [6.07, 6.45) is 8.14. The van der Waals surface area contributed by atoms with Crippen LogP contribution in [0.3, 0.4) is 0 Å². The quantitative estimate of drug-likeness (QED) is 0.473. The molecule has 2 aromatic heterocycles. The molecule has 7 heteroatoms. The van der Waals surface area contributed by atoms with Crippen LogP contribution in [-0.2, 0) is 9.59 Å². The van der Waals surface area contributed by atoms with Gasteiger partial charge in [-0.15, -0.1) is 0 Å². The molecule has 5 rings (SSSR count). The second-order valence-corrected chi connectivity index (χ2v) is 8.29. The number of pyridine rings is 1. The van der Waals surface area contributed by atoms with Gasteiger partial charge in [-0.25, -0.2) is 4.68 Å². The van der Waals surface area contributed by atoms with E-state index in [0.717, 1.165) is 32.1 Å². The van der Waals surface area contributed by atoms with Crippen LogP contribution in [-0.4, -0.2) is 32.5 Å². The third-order valence-corrected chi connectivity index (χ3v) is 6.27. The van der Waals surface area contributed by atoms with Gasteiger partial charge in [0.25, 0.3) is 11.6 Å². The highest BCUT2D eigenvalue weighted by atomic mass is 16.3. The zero-order valence-corrected chi connectivity index (χ0v) is 17.9. The van der Waals surface area contributed by atoms with Crippen LogP contribution >= 0.6 is 0 Å². The number of aromatic nitrogens is 3. The van der Waals surface area contributed by atoms with Crippen molar-refractivity contribution in [3.63, 3.8) is 0 Å². The van der Waals surface area contributed by atoms with Gasteiger partial charge in [-0.05, 0) is 37.8 Å². The predicted octanol–water partition coefficient (Wildman–Crippen LogP) is 2.61. The largest absolute Gasteiger partial charge is 0.858 e. The molecular weight excluding hydrogens is 404 g/mol. The summed E-state index contributed by atoms with van der Waals surface area (Å²) >= 11 is 0. The molecule has 3 heterocycles. The molecule has 1 aromatic carbocycles. The third kappa shape index (κ3) is 3.21. The Balaban J connectivity index is 1.69. The fraction of sp³-hybridized carbons (Fsp3) is 0.280. The fourth-order valence-corrected chi connectivity index (χ4v) is 4.76. The van der Waals surface area contributed by atoms with Crippen molar-refractivity contribution in [1.29, 1.82) is 0 Å². The van der Waals surface area contributed by atoms with Gasteiger partial charge in [0.05, 0.1) is 11.4 Å². The van der Waals surface area contributed by atoms with E-state index in [2.05, 4.69) is 5.10 Å². The number of nitrogens with zero attached hydrogens (tertiary/aromatic N) is 4. The van der Waals surface area contributed by atoms with Gasteiger partial charge < -0.3 is 5.11 Å². The summed E-state index contributed by atoms with van der Waals surface area (Å²) in [4.78, 5) is 28.7. The fourth-order valence-electron chi connectivity index (χ4n) is 4.76. The van der Waals surface area contributed by atoms with Gasteiger partial charge in [0.15, 0.2) is 12.4 Å². The van der Waals surface area contributed by atoms with Crippen LogP contribution < -0.4 is 9.67 Å². The normalized spacial score (nSPS) is 17.5. The minimum Gasteiger partial charge on any atom is -0.858 e. The molecular formula is C25H24N4O3. The van der Waals surface area contributed by atoms with Crippen LogP contribution in [0.15, 0.2) is 60.9 Å². The van der Waals surface area contributed by atoms with Crippen LogP contribution in [0.4, 0.5) is 0 Å². The number of amides is 2. The number of carbonyl (C=O) groups excluding carboxylic acids is 2. The van der Waals surface area contributed by atoms with E-state index >= 15 is 0 Å². The van der Waals surface area contributed by atoms with Crippen molar-refractivity contribution in [3.05, 3.63) is 72.2 Å². The predicted molar refractivity (Wildman–Crippen MR) is 116 cm³/mol. The zero-order chi connectivity index (χ0) is 22.2. The highest BCUT2D eigenvalue weighted by Crippen LogP contribution is 2.39. The molecule has 0 N–H and O–H groups in total. The van der Waals surface area contributed by atoms with E-state index in [-0.39, 0.29) is 28.8 Å². The lowest BCUT2D eigenvalue weighted by Crippen LogP contribution is -2.45. The summed E-state index contributed by atoms with van der Waals surface area (Å²) < 4.78 is 2.93. The van der Waals surface area contributed by atoms with Gasteiger partial charge in [0, 0.05) is 23.7 Å². The second-order valence-electron chi connectivity index (χ2n) is 8.29. The zero-order valence-electron chi connectivity index (χ0n) is 17.9. The van der Waals surface area contributed by atoms with E-state index in [1.807, 2.05) is 24.3 Å². The van der Waals surface area contributed by atoms with Gasteiger partial charge >= 0.3 is 5.91 Å². The summed E-state index contributed by atoms with van der Waals surface area (Å²) in [6, 6.07) is 14.4. The van der Waals surface area contributed by atoms with Crippen molar-refractivity contribution in [2.75, 3.05) is 0 Å². The molecule has 32 heavy (non-hydrogen) atoms. The average Bonchev–Trinajstić information content (AvgIpc) is 3.26. The Morgan fingerprint density at radius 1 is 0.938 bits per heavy atom. The lowest BCUT2D eigenvalue weighted by Gasteiger charge is -2.29. The molecule has 0 saturated heterocycles. The van der Waals surface area contributed by atoms with E-state index in [4.69, 9.17) is 0 Å². The number of hydrogen-bond donors (Lipinski definition) is 0. The summed E-state index contributed by atoms with van der Waals surface area (Å²) in [7, 11) is 0. The lowest BCUT2D eigenvalue weighted by atomic mass is 9.94. The van der Waals surface area contributed by atoms with Crippen LogP contribution in [0.25, 0.3) is 17.0 Å². The maximum absolute atomic E-state index is 13.7. The molecule has 3 aromatic rings. The molecule has 1 aliphatic heterocycles. The van der Waals surface area contributed by atoms with Crippen molar-refractivity contribution in [2.24, 2.45) is 0 Å². The highest BCUT2D eigenvalue weighted by Gasteiger charge is 2.49.